The van der Waals surface area contributed by atoms with Gasteiger partial charge in [0.25, 0.3) is 0 Å². The number of likely N-dealkylation sites (tertiary alicyclic amines) is 1. The number of hydrogen-bond acceptors (Lipinski definition) is 3. The zero-order chi connectivity index (χ0) is 27.4. The van der Waals surface area contributed by atoms with Gasteiger partial charge in [0.05, 0.1) is 11.1 Å². The van der Waals surface area contributed by atoms with E-state index in [0.29, 0.717) is 36.4 Å². The second-order valence-corrected chi connectivity index (χ2v) is 10.7. The number of carbonyl (C=O) groups excluding carboxylic acids is 1. The Kier molecular flexibility index (Phi) is 6.74. The minimum absolute atomic E-state index is 0.0685. The molecule has 2 aliphatic heterocycles. The SMILES string of the molecule is CN1C=C2C[C@@H]3[C@H](C[C@@H](CNC(=O)/C=C/c4ccc(C(F)(F)F)cc4C(F)(F)F)CN3C)C3C=CC=C1C23. The zero-order valence-corrected chi connectivity index (χ0v) is 21.0. The third-order valence-corrected chi connectivity index (χ3v) is 8.29. The number of piperidine rings is 1. The molecule has 2 heterocycles. The molecule has 38 heavy (non-hydrogen) atoms. The van der Waals surface area contributed by atoms with Gasteiger partial charge in [-0.05, 0) is 73.1 Å². The first-order chi connectivity index (χ1) is 17.8. The first kappa shape index (κ1) is 26.6. The Hall–Kier alpha value is -3.01. The molecule has 0 spiro atoms. The molecule has 2 fully saturated rings. The first-order valence-corrected chi connectivity index (χ1v) is 12.6. The van der Waals surface area contributed by atoms with Crippen molar-refractivity contribution >= 4 is 12.0 Å². The normalized spacial score (nSPS) is 29.2. The predicted molar refractivity (Wildman–Crippen MR) is 131 cm³/mol. The summed E-state index contributed by atoms with van der Waals surface area (Å²) in [5.41, 5.74) is -0.554. The molecular formula is C28H29F6N3O. The van der Waals surface area contributed by atoms with Crippen molar-refractivity contribution in [3.8, 4) is 0 Å². The van der Waals surface area contributed by atoms with Gasteiger partial charge in [-0.15, -0.1) is 0 Å². The summed E-state index contributed by atoms with van der Waals surface area (Å²) in [6, 6.07) is 1.79. The Balaban J connectivity index is 1.24. The van der Waals surface area contributed by atoms with Gasteiger partial charge in [-0.1, -0.05) is 18.2 Å². The summed E-state index contributed by atoms with van der Waals surface area (Å²) in [5.74, 6) is 0.773. The van der Waals surface area contributed by atoms with E-state index in [4.69, 9.17) is 0 Å². The van der Waals surface area contributed by atoms with E-state index >= 15 is 0 Å². The molecule has 1 saturated heterocycles. The van der Waals surface area contributed by atoms with Crippen LogP contribution in [0.2, 0.25) is 0 Å². The predicted octanol–water partition coefficient (Wildman–Crippen LogP) is 5.71. The summed E-state index contributed by atoms with van der Waals surface area (Å²) in [5, 5.41) is 2.78. The van der Waals surface area contributed by atoms with Gasteiger partial charge in [0.2, 0.25) is 5.91 Å². The molecule has 1 saturated carbocycles. The molecular weight excluding hydrogens is 508 g/mol. The van der Waals surface area contributed by atoms with Gasteiger partial charge in [-0.25, -0.2) is 0 Å². The monoisotopic (exact) mass is 537 g/mol. The Labute approximate surface area is 217 Å². The fourth-order valence-corrected chi connectivity index (χ4v) is 6.63. The molecule has 2 unspecified atom stereocenters. The van der Waals surface area contributed by atoms with Crippen LogP contribution < -0.4 is 5.32 Å². The van der Waals surface area contributed by atoms with Crippen LogP contribution in [0.4, 0.5) is 26.3 Å². The van der Waals surface area contributed by atoms with Crippen LogP contribution in [-0.2, 0) is 17.1 Å². The molecule has 0 radical (unpaired) electrons. The molecule has 10 heteroatoms. The highest BCUT2D eigenvalue weighted by atomic mass is 19.4. The van der Waals surface area contributed by atoms with Crippen molar-refractivity contribution in [2.45, 2.75) is 31.2 Å². The van der Waals surface area contributed by atoms with Crippen molar-refractivity contribution in [3.63, 3.8) is 0 Å². The van der Waals surface area contributed by atoms with E-state index < -0.39 is 35.0 Å². The van der Waals surface area contributed by atoms with Crippen LogP contribution >= 0.6 is 0 Å². The van der Waals surface area contributed by atoms with Crippen LogP contribution in [0.1, 0.15) is 29.5 Å². The highest BCUT2D eigenvalue weighted by Crippen LogP contribution is 2.53. The van der Waals surface area contributed by atoms with E-state index in [0.717, 1.165) is 37.6 Å². The highest BCUT2D eigenvalue weighted by molar-refractivity contribution is 5.91. The molecule has 0 bridgehead atoms. The van der Waals surface area contributed by atoms with Crippen molar-refractivity contribution in [1.82, 2.24) is 15.1 Å². The molecule has 0 aromatic heterocycles. The second-order valence-electron chi connectivity index (χ2n) is 10.7. The fraction of sp³-hybridized carbons (Fsp3) is 0.464. The van der Waals surface area contributed by atoms with E-state index in [-0.39, 0.29) is 12.0 Å². The summed E-state index contributed by atoms with van der Waals surface area (Å²) in [6.07, 6.45) is 2.72. The topological polar surface area (TPSA) is 35.6 Å². The van der Waals surface area contributed by atoms with E-state index in [1.807, 2.05) is 0 Å². The Bertz CT molecular complexity index is 1230. The van der Waals surface area contributed by atoms with E-state index in [9.17, 15) is 31.1 Å². The minimum atomic E-state index is -4.99. The summed E-state index contributed by atoms with van der Waals surface area (Å²) in [6.45, 7) is 1.15. The number of amides is 1. The summed E-state index contributed by atoms with van der Waals surface area (Å²) >= 11 is 0. The number of benzene rings is 1. The minimum Gasteiger partial charge on any atom is -0.354 e. The maximum absolute atomic E-state index is 13.4. The van der Waals surface area contributed by atoms with E-state index in [1.165, 1.54) is 11.3 Å². The quantitative estimate of drug-likeness (QED) is 0.395. The lowest BCUT2D eigenvalue weighted by molar-refractivity contribution is -0.143. The summed E-state index contributed by atoms with van der Waals surface area (Å²) in [4.78, 5) is 17.0. The molecule has 4 nitrogen and oxygen atoms in total. The lowest BCUT2D eigenvalue weighted by atomic mass is 9.61. The van der Waals surface area contributed by atoms with Crippen LogP contribution in [0.5, 0.6) is 0 Å². The van der Waals surface area contributed by atoms with Crippen LogP contribution in [-0.4, -0.2) is 48.9 Å². The molecule has 5 rings (SSSR count). The van der Waals surface area contributed by atoms with Gasteiger partial charge in [-0.2, -0.15) is 26.3 Å². The number of nitrogens with zero attached hydrogens (tertiary/aromatic N) is 2. The number of fused-ring (bicyclic) bond motifs is 2. The van der Waals surface area contributed by atoms with Crippen molar-refractivity contribution < 1.29 is 31.1 Å². The van der Waals surface area contributed by atoms with Gasteiger partial charge in [0.15, 0.2) is 0 Å². The van der Waals surface area contributed by atoms with Crippen LogP contribution in [0.25, 0.3) is 6.08 Å². The Morgan fingerprint density at radius 1 is 1.13 bits per heavy atom. The average Bonchev–Trinajstić information content (AvgIpc) is 3.17. The Morgan fingerprint density at radius 3 is 2.61 bits per heavy atom. The van der Waals surface area contributed by atoms with Crippen LogP contribution in [0, 0.1) is 23.7 Å². The number of rotatable bonds is 4. The first-order valence-electron chi connectivity index (χ1n) is 12.6. The zero-order valence-electron chi connectivity index (χ0n) is 21.0. The summed E-state index contributed by atoms with van der Waals surface area (Å²) in [7, 11) is 4.17. The molecule has 1 amide bonds. The molecule has 4 aliphatic rings. The molecule has 5 atom stereocenters. The average molecular weight is 538 g/mol. The third kappa shape index (κ3) is 5.02. The van der Waals surface area contributed by atoms with Crippen LogP contribution in [0.15, 0.2) is 60.0 Å². The van der Waals surface area contributed by atoms with E-state index in [1.54, 1.807) is 0 Å². The number of allylic oxidation sites excluding steroid dienone is 4. The van der Waals surface area contributed by atoms with Gasteiger partial charge in [0, 0.05) is 50.1 Å². The van der Waals surface area contributed by atoms with Crippen LogP contribution in [0.3, 0.4) is 0 Å². The van der Waals surface area contributed by atoms with Crippen molar-refractivity contribution in [2.24, 2.45) is 23.7 Å². The highest BCUT2D eigenvalue weighted by Gasteiger charge is 2.49. The van der Waals surface area contributed by atoms with Gasteiger partial charge in [0.1, 0.15) is 0 Å². The molecule has 204 valence electrons. The largest absolute Gasteiger partial charge is 0.417 e. The van der Waals surface area contributed by atoms with Crippen molar-refractivity contribution in [3.05, 3.63) is 76.7 Å². The third-order valence-electron chi connectivity index (χ3n) is 8.29. The lowest BCUT2D eigenvalue weighted by Crippen LogP contribution is -2.54. The smallest absolute Gasteiger partial charge is 0.354 e. The number of nitrogens with one attached hydrogen (secondary N) is 1. The second kappa shape index (κ2) is 9.63. The van der Waals surface area contributed by atoms with Gasteiger partial charge in [-0.3, -0.25) is 4.79 Å². The molecule has 2 aliphatic carbocycles. The fourth-order valence-electron chi connectivity index (χ4n) is 6.63. The van der Waals surface area contributed by atoms with Crippen molar-refractivity contribution in [2.75, 3.05) is 27.2 Å². The van der Waals surface area contributed by atoms with Gasteiger partial charge < -0.3 is 15.1 Å². The molecule has 1 N–H and O–H groups in total. The number of carbonyl (C=O) groups is 1. The van der Waals surface area contributed by atoms with E-state index in [2.05, 4.69) is 53.6 Å². The Morgan fingerprint density at radius 2 is 1.89 bits per heavy atom. The lowest BCUT2D eigenvalue weighted by Gasteiger charge is -2.51. The standard InChI is InChI=1S/C28H29F6N3O/c1-36-14-16(10-21-20-4-3-5-23-26(20)18(11-24(21)36)15-37(23)2)13-35-25(38)9-7-17-6-8-19(27(29,30)31)12-22(17)28(32,33)34/h3-9,12,15-16,20-21,24,26H,10-11,13-14H2,1-2H3,(H,35,38)/b9-7+/t16-,20?,21+,24+,26?/m0/s1. The maximum Gasteiger partial charge on any atom is 0.417 e. The molecule has 1 aromatic rings. The number of alkyl halides is 6. The number of halogens is 6. The van der Waals surface area contributed by atoms with Gasteiger partial charge >= 0.3 is 12.4 Å². The summed E-state index contributed by atoms with van der Waals surface area (Å²) < 4.78 is 78.8. The number of hydrogen-bond donors (Lipinski definition) is 1. The molecule has 1 aromatic carbocycles. The van der Waals surface area contributed by atoms with Crippen molar-refractivity contribution in [1.29, 1.82) is 0 Å². The maximum atomic E-state index is 13.4.